The minimum Gasteiger partial charge on any atom is -0.396 e. The maximum absolute atomic E-state index is 11.2. The van der Waals surface area contributed by atoms with E-state index in [0.717, 1.165) is 25.7 Å². The minimum absolute atomic E-state index is 0.0451. The molecule has 0 saturated heterocycles. The summed E-state index contributed by atoms with van der Waals surface area (Å²) in [5, 5.41) is 17.2. The van der Waals surface area contributed by atoms with E-state index in [4.69, 9.17) is 38.8 Å². The minimum atomic E-state index is 0.0451. The maximum Gasteiger partial charge on any atom is 0.477 e. The van der Waals surface area contributed by atoms with Gasteiger partial charge < -0.3 is 29.2 Å². The molecule has 0 aromatic heterocycles. The van der Waals surface area contributed by atoms with Crippen LogP contribution >= 0.6 is 0 Å². The Bertz CT molecular complexity index is 269. The van der Waals surface area contributed by atoms with E-state index in [1.165, 1.54) is 0 Å². The normalized spacial score (nSPS) is 10.8. The lowest BCUT2D eigenvalue weighted by Crippen LogP contribution is -2.18. The molecule has 0 aliphatic rings. The van der Waals surface area contributed by atoms with Crippen LogP contribution in [-0.4, -0.2) is 94.6 Å². The van der Waals surface area contributed by atoms with E-state index < -0.39 is 0 Å². The van der Waals surface area contributed by atoms with Gasteiger partial charge in [0.2, 0.25) is 0 Å². The second kappa shape index (κ2) is 22.0. The summed E-state index contributed by atoms with van der Waals surface area (Å²) in [7, 11) is 0. The summed E-state index contributed by atoms with van der Waals surface area (Å²) in [6.07, 6.45) is 3.11. The molecule has 0 bridgehead atoms. The van der Waals surface area contributed by atoms with Crippen molar-refractivity contribution in [3.05, 3.63) is 4.91 Å². The van der Waals surface area contributed by atoms with Crippen molar-refractivity contribution in [3.63, 3.8) is 0 Å². The Kier molecular flexibility index (Phi) is 21.1. The average Bonchev–Trinajstić information content (AvgIpc) is 2.64. The number of hydrogen-bond donors (Lipinski definition) is 2. The predicted octanol–water partition coefficient (Wildman–Crippen LogP) is 0.240. The van der Waals surface area contributed by atoms with Gasteiger partial charge in [0.25, 0.3) is 0 Å². The first-order chi connectivity index (χ1) is 12.8. The Balaban J connectivity index is 3.13. The average molecular weight is 384 g/mol. The van der Waals surface area contributed by atoms with E-state index in [9.17, 15) is 4.91 Å². The Morgan fingerprint density at radius 3 is 1.23 bits per heavy atom. The third-order valence-corrected chi connectivity index (χ3v) is 2.99. The van der Waals surface area contributed by atoms with Crippen molar-refractivity contribution in [2.24, 2.45) is 0 Å². The van der Waals surface area contributed by atoms with Crippen molar-refractivity contribution in [2.45, 2.75) is 25.7 Å². The van der Waals surface area contributed by atoms with Gasteiger partial charge >= 0.3 is 5.09 Å². The van der Waals surface area contributed by atoms with E-state index in [2.05, 4.69) is 0 Å². The highest BCUT2D eigenvalue weighted by atomic mass is 17.0. The lowest BCUT2D eigenvalue weighted by molar-refractivity contribution is -0.981. The van der Waals surface area contributed by atoms with Gasteiger partial charge in [-0.15, -0.1) is 0 Å². The summed E-state index contributed by atoms with van der Waals surface area (Å²) >= 11 is 0. The Morgan fingerprint density at radius 2 is 0.846 bits per heavy atom. The molecule has 10 nitrogen and oxygen atoms in total. The number of aliphatic hydroxyl groups is 2. The molecule has 0 rings (SSSR count). The molecule has 156 valence electrons. The van der Waals surface area contributed by atoms with Crippen LogP contribution < -0.4 is 0 Å². The summed E-state index contributed by atoms with van der Waals surface area (Å²) in [5.41, 5.74) is 0. The van der Waals surface area contributed by atoms with Crippen LogP contribution in [0, 0.1) is 4.91 Å². The van der Waals surface area contributed by atoms with Gasteiger partial charge in [0, 0.05) is 26.4 Å². The fourth-order valence-electron chi connectivity index (χ4n) is 1.65. The molecule has 0 radical (unpaired) electrons. The monoisotopic (exact) mass is 384 g/mol. The molecule has 0 heterocycles. The first-order valence-corrected chi connectivity index (χ1v) is 9.07. The van der Waals surface area contributed by atoms with Crippen molar-refractivity contribution in [1.82, 2.24) is 0 Å². The largest absolute Gasteiger partial charge is 0.477 e. The highest BCUT2D eigenvalue weighted by molar-refractivity contribution is 4.37. The molecule has 26 heavy (non-hydrogen) atoms. The standard InChI is InChI=1S/C16H34NO9/c18-5-1-3-7-21-9-11-23-13-15-25-17(20)26-16-14-24-12-10-22-8-4-2-6-19/h18-19H,1-16H2/q+1. The summed E-state index contributed by atoms with van der Waals surface area (Å²) in [4.78, 5) is 20.7. The Labute approximate surface area is 154 Å². The van der Waals surface area contributed by atoms with E-state index in [1.54, 1.807) is 0 Å². The molecule has 0 aromatic carbocycles. The summed E-state index contributed by atoms with van der Waals surface area (Å²) < 4.78 is 21.0. The highest BCUT2D eigenvalue weighted by Gasteiger charge is 2.11. The van der Waals surface area contributed by atoms with Gasteiger partial charge in [-0.1, -0.05) is 0 Å². The van der Waals surface area contributed by atoms with E-state index in [1.807, 2.05) is 0 Å². The van der Waals surface area contributed by atoms with Gasteiger partial charge in [0.15, 0.2) is 13.2 Å². The van der Waals surface area contributed by atoms with Crippen molar-refractivity contribution < 1.29 is 43.9 Å². The van der Waals surface area contributed by atoms with Crippen molar-refractivity contribution in [3.8, 4) is 0 Å². The number of ether oxygens (including phenoxy) is 4. The van der Waals surface area contributed by atoms with Crippen LogP contribution in [0.4, 0.5) is 0 Å². The summed E-state index contributed by atoms with van der Waals surface area (Å²) in [5.74, 6) is 0. The van der Waals surface area contributed by atoms with E-state index >= 15 is 0 Å². The molecule has 0 atom stereocenters. The molecule has 0 aliphatic heterocycles. The highest BCUT2D eigenvalue weighted by Crippen LogP contribution is 1.90. The SMILES string of the molecule is O=[N+](OCCOCCOCCCCO)OCCOCCOCCCCO. The second-order valence-corrected chi connectivity index (χ2v) is 5.20. The molecule has 0 amide bonds. The Hall–Kier alpha value is -1.04. The zero-order chi connectivity index (χ0) is 19.1. The zero-order valence-corrected chi connectivity index (χ0v) is 15.5. The molecule has 2 N–H and O–H groups in total. The predicted molar refractivity (Wildman–Crippen MR) is 91.4 cm³/mol. The fraction of sp³-hybridized carbons (Fsp3) is 1.00. The van der Waals surface area contributed by atoms with Crippen molar-refractivity contribution in [1.29, 1.82) is 0 Å². The third-order valence-electron chi connectivity index (χ3n) is 2.99. The zero-order valence-electron chi connectivity index (χ0n) is 15.5. The second-order valence-electron chi connectivity index (χ2n) is 5.20. The number of rotatable bonds is 22. The number of unbranched alkanes of at least 4 members (excludes halogenated alkanes) is 2. The molecule has 0 aliphatic carbocycles. The third kappa shape index (κ3) is 21.0. The number of hydrogen-bond acceptors (Lipinski definition) is 9. The lowest BCUT2D eigenvalue weighted by atomic mass is 10.3. The maximum atomic E-state index is 11.2. The summed E-state index contributed by atoms with van der Waals surface area (Å²) in [6, 6.07) is 0. The van der Waals surface area contributed by atoms with Crippen molar-refractivity contribution >= 4 is 0 Å². The first-order valence-electron chi connectivity index (χ1n) is 9.07. The molecule has 0 unspecified atom stereocenters. The molecule has 0 saturated carbocycles. The quantitative estimate of drug-likeness (QED) is 0.200. The lowest BCUT2D eigenvalue weighted by Gasteiger charge is -2.04. The Morgan fingerprint density at radius 1 is 0.500 bits per heavy atom. The van der Waals surface area contributed by atoms with Crippen molar-refractivity contribution in [2.75, 3.05) is 79.3 Å². The van der Waals surface area contributed by atoms with Gasteiger partial charge in [0.1, 0.15) is 4.91 Å². The molecule has 0 fully saturated rings. The van der Waals surface area contributed by atoms with E-state index in [-0.39, 0.29) is 44.7 Å². The van der Waals surface area contributed by atoms with Crippen LogP contribution in [0.15, 0.2) is 0 Å². The van der Waals surface area contributed by atoms with Crippen LogP contribution in [-0.2, 0) is 28.6 Å². The summed E-state index contributed by atoms with van der Waals surface area (Å²) in [6.45, 7) is 3.98. The van der Waals surface area contributed by atoms with Gasteiger partial charge in [-0.2, -0.15) is 9.68 Å². The van der Waals surface area contributed by atoms with Gasteiger partial charge in [-0.05, 0) is 25.7 Å². The first kappa shape index (κ1) is 25.0. The van der Waals surface area contributed by atoms with Crippen LogP contribution in [0.2, 0.25) is 0 Å². The molecular formula is C16H34NO9+. The van der Waals surface area contributed by atoms with E-state index in [0.29, 0.717) is 39.6 Å². The van der Waals surface area contributed by atoms with Gasteiger partial charge in [-0.25, -0.2) is 0 Å². The van der Waals surface area contributed by atoms with Crippen LogP contribution in [0.1, 0.15) is 25.7 Å². The molecule has 0 aromatic rings. The van der Waals surface area contributed by atoms with Gasteiger partial charge in [-0.3, -0.25) is 0 Å². The van der Waals surface area contributed by atoms with Crippen LogP contribution in [0.3, 0.4) is 0 Å². The molecule has 10 heteroatoms. The topological polar surface area (TPSA) is 116 Å². The molecule has 0 spiro atoms. The van der Waals surface area contributed by atoms with Gasteiger partial charge in [0.05, 0.1) is 39.6 Å². The van der Waals surface area contributed by atoms with Crippen LogP contribution in [0.5, 0.6) is 0 Å². The van der Waals surface area contributed by atoms with Crippen LogP contribution in [0.25, 0.3) is 0 Å². The number of nitrogens with zero attached hydrogens (tertiary/aromatic N) is 1. The fourth-order valence-corrected chi connectivity index (χ4v) is 1.65. The number of aliphatic hydroxyl groups excluding tert-OH is 2. The smallest absolute Gasteiger partial charge is 0.396 e. The molecular weight excluding hydrogens is 350 g/mol.